The van der Waals surface area contributed by atoms with E-state index in [0.717, 1.165) is 49.4 Å². The van der Waals surface area contributed by atoms with Crippen LogP contribution in [0.1, 0.15) is 38.5 Å². The first-order chi connectivity index (χ1) is 16.1. The third-order valence-electron chi connectivity index (χ3n) is 6.73. The van der Waals surface area contributed by atoms with Crippen LogP contribution >= 0.6 is 11.8 Å². The van der Waals surface area contributed by atoms with Gasteiger partial charge in [0.1, 0.15) is 6.33 Å². The Morgan fingerprint density at radius 2 is 1.79 bits per heavy atom. The molecule has 1 aliphatic carbocycles. The zero-order valence-corrected chi connectivity index (χ0v) is 19.0. The van der Waals surface area contributed by atoms with E-state index in [1.165, 1.54) is 17.2 Å². The van der Waals surface area contributed by atoms with E-state index >= 15 is 0 Å². The number of thioether (sulfide) groups is 1. The maximum Gasteiger partial charge on any atom is 0.416 e. The topological polar surface area (TPSA) is 121 Å². The van der Waals surface area contributed by atoms with Crippen molar-refractivity contribution < 1.29 is 19.1 Å². The molecular weight excluding hydrogens is 444 g/mol. The fourth-order valence-electron chi connectivity index (χ4n) is 4.88. The van der Waals surface area contributed by atoms with Crippen LogP contribution in [0, 0.1) is 17.8 Å². The van der Waals surface area contributed by atoms with Gasteiger partial charge in [0, 0.05) is 24.9 Å². The molecule has 2 aromatic rings. The van der Waals surface area contributed by atoms with Gasteiger partial charge in [-0.1, -0.05) is 24.6 Å². The largest absolute Gasteiger partial charge is 0.416 e. The number of likely N-dealkylation sites (tertiary alicyclic amines) is 1. The van der Waals surface area contributed by atoms with E-state index in [1.54, 1.807) is 29.1 Å². The predicted molar refractivity (Wildman–Crippen MR) is 120 cm³/mol. The van der Waals surface area contributed by atoms with E-state index in [-0.39, 0.29) is 29.5 Å². The first-order valence-electron chi connectivity index (χ1n) is 11.4. The fourth-order valence-corrected chi connectivity index (χ4v) is 5.84. The molecule has 2 aromatic heterocycles. The summed E-state index contributed by atoms with van der Waals surface area (Å²) in [7, 11) is 0. The van der Waals surface area contributed by atoms with Crippen LogP contribution in [0.25, 0.3) is 0 Å². The maximum atomic E-state index is 12.7. The number of rotatable bonds is 5. The van der Waals surface area contributed by atoms with Crippen molar-refractivity contribution >= 4 is 35.4 Å². The Labute approximate surface area is 195 Å². The zero-order valence-electron chi connectivity index (χ0n) is 18.2. The quantitative estimate of drug-likeness (QED) is 0.523. The number of aromatic amines is 1. The number of imide groups is 1. The highest BCUT2D eigenvalue weighted by Crippen LogP contribution is 2.40. The molecule has 3 amide bonds. The van der Waals surface area contributed by atoms with Crippen LogP contribution in [-0.2, 0) is 9.59 Å². The zero-order chi connectivity index (χ0) is 22.8. The second-order valence-electron chi connectivity index (χ2n) is 8.76. The van der Waals surface area contributed by atoms with Gasteiger partial charge in [0.05, 0.1) is 23.7 Å². The first kappa shape index (κ1) is 21.9. The van der Waals surface area contributed by atoms with Gasteiger partial charge in [0.15, 0.2) is 0 Å². The minimum atomic E-state index is -0.435. The molecular formula is C22H26N6O4S. The molecule has 0 radical (unpaired) electrons. The van der Waals surface area contributed by atoms with E-state index in [1.807, 2.05) is 0 Å². The predicted octanol–water partition coefficient (Wildman–Crippen LogP) is 2.88. The van der Waals surface area contributed by atoms with Crippen LogP contribution in [0.4, 0.5) is 10.5 Å². The van der Waals surface area contributed by atoms with Crippen molar-refractivity contribution in [2.45, 2.75) is 43.7 Å². The van der Waals surface area contributed by atoms with Crippen molar-refractivity contribution in [2.24, 2.45) is 17.8 Å². The lowest BCUT2D eigenvalue weighted by atomic mass is 9.81. The number of carbonyl (C=O) groups excluding carboxylic acids is 3. The number of pyridine rings is 1. The number of anilines is 1. The number of nitrogens with zero attached hydrogens (tertiary/aromatic N) is 5. The van der Waals surface area contributed by atoms with Gasteiger partial charge in [0.2, 0.25) is 22.9 Å². The molecule has 4 heterocycles. The minimum absolute atomic E-state index is 0.139. The number of hydrogen-bond donors (Lipinski definition) is 1. The van der Waals surface area contributed by atoms with Gasteiger partial charge in [-0.25, -0.2) is 19.7 Å². The van der Waals surface area contributed by atoms with Crippen LogP contribution in [0.5, 0.6) is 5.88 Å². The summed E-state index contributed by atoms with van der Waals surface area (Å²) in [6, 6.07) is 3.16. The lowest BCUT2D eigenvalue weighted by Gasteiger charge is -2.30. The molecule has 11 heteroatoms. The lowest BCUT2D eigenvalue weighted by Crippen LogP contribution is -2.40. The van der Waals surface area contributed by atoms with Crippen LogP contribution in [0.15, 0.2) is 29.8 Å². The van der Waals surface area contributed by atoms with E-state index < -0.39 is 6.09 Å². The Balaban J connectivity index is 1.13. The second-order valence-corrected chi connectivity index (χ2v) is 9.74. The summed E-state index contributed by atoms with van der Waals surface area (Å²) in [5.41, 5.74) is 0.434. The minimum Gasteiger partial charge on any atom is -0.391 e. The molecule has 2 atom stereocenters. The standard InChI is InChI=1S/C22H26N6O4S/c29-19-16-3-1-2-4-17(16)20(30)28(19)15-5-6-18(23-11-15)32-22(31)27-9-7-14(8-10-27)12-33-21-24-13-25-26-21/h5-6,11,13-14,16-17H,1-4,7-10,12H2,(H,24,25,26). The van der Waals surface area contributed by atoms with Gasteiger partial charge in [-0.05, 0) is 37.7 Å². The molecule has 3 aliphatic rings. The average molecular weight is 471 g/mol. The highest BCUT2D eigenvalue weighted by molar-refractivity contribution is 7.99. The smallest absolute Gasteiger partial charge is 0.391 e. The fraction of sp³-hybridized carbons (Fsp3) is 0.545. The van der Waals surface area contributed by atoms with Crippen molar-refractivity contribution in [2.75, 3.05) is 23.7 Å². The average Bonchev–Trinajstić information content (AvgIpc) is 3.46. The first-order valence-corrected chi connectivity index (χ1v) is 12.4. The summed E-state index contributed by atoms with van der Waals surface area (Å²) < 4.78 is 5.43. The third-order valence-corrected chi connectivity index (χ3v) is 7.82. The molecule has 0 aromatic carbocycles. The number of hydrogen-bond acceptors (Lipinski definition) is 8. The highest BCUT2D eigenvalue weighted by atomic mass is 32.2. The SMILES string of the molecule is O=C(Oc1ccc(N2C(=O)C3CCCCC3C2=O)cn1)N1CCC(CSc2nc[nH]n2)CC1. The van der Waals surface area contributed by atoms with Crippen molar-refractivity contribution in [3.63, 3.8) is 0 Å². The van der Waals surface area contributed by atoms with E-state index in [9.17, 15) is 14.4 Å². The molecule has 1 N–H and O–H groups in total. The Morgan fingerprint density at radius 1 is 1.06 bits per heavy atom. The van der Waals surface area contributed by atoms with Crippen LogP contribution in [0.2, 0.25) is 0 Å². The van der Waals surface area contributed by atoms with Crippen LogP contribution in [0.3, 0.4) is 0 Å². The molecule has 33 heavy (non-hydrogen) atoms. The highest BCUT2D eigenvalue weighted by Gasteiger charge is 2.48. The molecule has 5 rings (SSSR count). The number of piperidine rings is 1. The summed E-state index contributed by atoms with van der Waals surface area (Å²) in [5.74, 6) is 0.873. The van der Waals surface area contributed by atoms with Gasteiger partial charge in [-0.2, -0.15) is 0 Å². The van der Waals surface area contributed by atoms with E-state index in [4.69, 9.17) is 4.74 Å². The second kappa shape index (κ2) is 9.50. The maximum absolute atomic E-state index is 12.7. The molecule has 2 unspecified atom stereocenters. The van der Waals surface area contributed by atoms with Crippen LogP contribution in [-0.4, -0.2) is 61.8 Å². The van der Waals surface area contributed by atoms with Crippen molar-refractivity contribution in [1.29, 1.82) is 0 Å². The summed E-state index contributed by atoms with van der Waals surface area (Å²) in [6.45, 7) is 1.24. The molecule has 174 valence electrons. The monoisotopic (exact) mass is 470 g/mol. The molecule has 0 bridgehead atoms. The van der Waals surface area contributed by atoms with Gasteiger partial charge in [0.25, 0.3) is 0 Å². The molecule has 0 spiro atoms. The number of H-pyrrole nitrogens is 1. The summed E-state index contributed by atoms with van der Waals surface area (Å²) in [4.78, 5) is 49.2. The van der Waals surface area contributed by atoms with Crippen molar-refractivity contribution in [3.8, 4) is 5.88 Å². The third kappa shape index (κ3) is 4.59. The van der Waals surface area contributed by atoms with Gasteiger partial charge in [-0.3, -0.25) is 14.7 Å². The number of aromatic nitrogens is 4. The Kier molecular flexibility index (Phi) is 6.30. The molecule has 10 nitrogen and oxygen atoms in total. The van der Waals surface area contributed by atoms with E-state index in [2.05, 4.69) is 20.2 Å². The molecule has 3 fully saturated rings. The normalized spacial score (nSPS) is 23.6. The molecule has 2 aliphatic heterocycles. The van der Waals surface area contributed by atoms with E-state index in [0.29, 0.717) is 24.7 Å². The number of carbonyl (C=O) groups is 3. The number of fused-ring (bicyclic) bond motifs is 1. The van der Waals surface area contributed by atoms with Crippen molar-refractivity contribution in [3.05, 3.63) is 24.7 Å². The number of nitrogens with one attached hydrogen (secondary N) is 1. The summed E-state index contributed by atoms with van der Waals surface area (Å²) >= 11 is 1.61. The summed E-state index contributed by atoms with van der Waals surface area (Å²) in [5, 5.41) is 7.49. The van der Waals surface area contributed by atoms with Gasteiger partial charge >= 0.3 is 6.09 Å². The Bertz CT molecular complexity index is 982. The molecule has 1 saturated carbocycles. The molecule has 2 saturated heterocycles. The lowest BCUT2D eigenvalue weighted by molar-refractivity contribution is -0.122. The van der Waals surface area contributed by atoms with Crippen molar-refractivity contribution in [1.82, 2.24) is 25.1 Å². The van der Waals surface area contributed by atoms with Gasteiger partial charge < -0.3 is 9.64 Å². The Morgan fingerprint density at radius 3 is 2.39 bits per heavy atom. The summed E-state index contributed by atoms with van der Waals surface area (Å²) in [6.07, 6.45) is 7.85. The number of ether oxygens (including phenoxy) is 1. The number of amides is 3. The van der Waals surface area contributed by atoms with Gasteiger partial charge in [-0.15, -0.1) is 5.10 Å². The van der Waals surface area contributed by atoms with Crippen LogP contribution < -0.4 is 9.64 Å². The Hall–Kier alpha value is -2.95.